The number of phosphoric acid groups is 1. The number of amides is 1. The molecule has 0 aromatic carbocycles. The Morgan fingerprint density at radius 3 is 1.19 bits per heavy atom. The molecule has 3 unspecified atom stereocenters. The molecule has 0 rings (SSSR count). The zero-order valence-electron chi connectivity index (χ0n) is 38.8. The molecule has 0 aliphatic rings. The van der Waals surface area contributed by atoms with Crippen LogP contribution in [0.25, 0.3) is 0 Å². The van der Waals surface area contributed by atoms with Gasteiger partial charge in [-0.2, -0.15) is 0 Å². The van der Waals surface area contributed by atoms with Crippen LogP contribution in [0.15, 0.2) is 0 Å². The maximum Gasteiger partial charge on any atom is 0.268 e. The fourth-order valence-electron chi connectivity index (χ4n) is 7.63. The number of nitrogens with one attached hydrogen (secondary N) is 1. The first-order valence-corrected chi connectivity index (χ1v) is 26.3. The number of aliphatic hydroxyl groups is 1. The molecular weight excluding hydrogens is 732 g/mol. The third kappa shape index (κ3) is 43.4. The summed E-state index contributed by atoms with van der Waals surface area (Å²) in [7, 11) is 1.32. The molecule has 57 heavy (non-hydrogen) atoms. The summed E-state index contributed by atoms with van der Waals surface area (Å²) in [6, 6.07) is -0.793. The van der Waals surface area contributed by atoms with E-state index >= 15 is 0 Å². The van der Waals surface area contributed by atoms with Crippen LogP contribution in [0.3, 0.4) is 0 Å². The number of nitrogens with zero attached hydrogens (tertiary/aromatic N) is 1. The Bertz CT molecular complexity index is 901. The maximum atomic E-state index is 12.9. The summed E-state index contributed by atoms with van der Waals surface area (Å²) in [4.78, 5) is 25.4. The van der Waals surface area contributed by atoms with Crippen LogP contribution in [0.1, 0.15) is 251 Å². The monoisotopic (exact) mass is 831 g/mol. The van der Waals surface area contributed by atoms with Crippen LogP contribution in [-0.2, 0) is 18.4 Å². The molecule has 0 aromatic rings. The maximum absolute atomic E-state index is 12.9. The van der Waals surface area contributed by atoms with Gasteiger partial charge < -0.3 is 28.8 Å². The fraction of sp³-hybridized carbons (Fsp3) is 0.979. The minimum Gasteiger partial charge on any atom is -0.756 e. The lowest BCUT2D eigenvalue weighted by Crippen LogP contribution is -2.46. The zero-order valence-corrected chi connectivity index (χ0v) is 39.7. The molecule has 0 aliphatic carbocycles. The number of hydrogen-bond donors (Lipinski definition) is 2. The van der Waals surface area contributed by atoms with Gasteiger partial charge in [-0.1, -0.05) is 232 Å². The van der Waals surface area contributed by atoms with E-state index < -0.39 is 20.0 Å². The number of aliphatic hydroxyl groups excluding tert-OH is 1. The number of carbonyl (C=O) groups excluding carboxylic acids is 1. The fourth-order valence-corrected chi connectivity index (χ4v) is 8.35. The van der Waals surface area contributed by atoms with Gasteiger partial charge in [0.25, 0.3) is 7.82 Å². The summed E-state index contributed by atoms with van der Waals surface area (Å²) in [6.07, 6.45) is 45.4. The predicted molar refractivity (Wildman–Crippen MR) is 243 cm³/mol. The normalized spacial score (nSPS) is 14.2. The minimum atomic E-state index is -4.56. The minimum absolute atomic E-state index is 0.0162. The standard InChI is InChI=1S/C48H99N2O6P/c1-6-8-10-12-14-16-18-20-21-22-23-24-25-26-27-28-30-32-34-36-38-40-42-48(52)49-46(45-56-57(53,54)55-44-43-50(3,4)5)47(51)41-39-37-35-33-31-29-19-17-15-13-11-9-7-2/h46-47,51H,6-45H2,1-5H3,(H-,49,52,53,54). The molecule has 0 bridgehead atoms. The van der Waals surface area contributed by atoms with Crippen LogP contribution in [-0.4, -0.2) is 68.5 Å². The van der Waals surface area contributed by atoms with Crippen LogP contribution in [0.2, 0.25) is 0 Å². The first-order valence-electron chi connectivity index (χ1n) is 24.9. The second kappa shape index (κ2) is 40.9. The summed E-state index contributed by atoms with van der Waals surface area (Å²) >= 11 is 0. The van der Waals surface area contributed by atoms with Crippen molar-refractivity contribution >= 4 is 13.7 Å². The molecule has 0 saturated heterocycles. The van der Waals surface area contributed by atoms with Crippen LogP contribution in [0.4, 0.5) is 0 Å². The first-order chi connectivity index (χ1) is 27.5. The van der Waals surface area contributed by atoms with Crippen molar-refractivity contribution < 1.29 is 32.9 Å². The van der Waals surface area contributed by atoms with E-state index in [4.69, 9.17) is 9.05 Å². The molecular formula is C48H99N2O6P. The number of phosphoric ester groups is 1. The van der Waals surface area contributed by atoms with Gasteiger partial charge in [0.05, 0.1) is 39.9 Å². The van der Waals surface area contributed by atoms with Gasteiger partial charge in [0.1, 0.15) is 13.2 Å². The van der Waals surface area contributed by atoms with Crippen molar-refractivity contribution in [2.24, 2.45) is 0 Å². The number of rotatable bonds is 46. The van der Waals surface area contributed by atoms with Gasteiger partial charge in [-0.15, -0.1) is 0 Å². The molecule has 0 saturated carbocycles. The van der Waals surface area contributed by atoms with E-state index in [-0.39, 0.29) is 19.1 Å². The van der Waals surface area contributed by atoms with Gasteiger partial charge in [0.2, 0.25) is 5.91 Å². The van der Waals surface area contributed by atoms with E-state index in [2.05, 4.69) is 19.2 Å². The van der Waals surface area contributed by atoms with Gasteiger partial charge in [-0.3, -0.25) is 9.36 Å². The number of carbonyl (C=O) groups is 1. The van der Waals surface area contributed by atoms with Crippen molar-refractivity contribution in [3.05, 3.63) is 0 Å². The predicted octanol–water partition coefficient (Wildman–Crippen LogP) is 13.5. The molecule has 3 atom stereocenters. The van der Waals surface area contributed by atoms with Crippen LogP contribution in [0, 0.1) is 0 Å². The third-order valence-electron chi connectivity index (χ3n) is 11.6. The van der Waals surface area contributed by atoms with Crippen molar-refractivity contribution in [2.45, 2.75) is 264 Å². The van der Waals surface area contributed by atoms with E-state index in [1.54, 1.807) is 0 Å². The van der Waals surface area contributed by atoms with Crippen molar-refractivity contribution in [1.29, 1.82) is 0 Å². The Balaban J connectivity index is 4.17. The zero-order chi connectivity index (χ0) is 42.1. The van der Waals surface area contributed by atoms with Gasteiger partial charge in [-0.25, -0.2) is 0 Å². The van der Waals surface area contributed by atoms with Crippen LogP contribution < -0.4 is 10.2 Å². The summed E-state index contributed by atoms with van der Waals surface area (Å²) < 4.78 is 23.3. The molecule has 0 spiro atoms. The van der Waals surface area contributed by atoms with Crippen molar-refractivity contribution in [3.8, 4) is 0 Å². The SMILES string of the molecule is CCCCCCCCCCCCCCCCCCCCCCCCC(=O)NC(COP(=O)([O-])OCC[N+](C)(C)C)C(O)CCCCCCCCCCCCCCC. The molecule has 2 N–H and O–H groups in total. The average Bonchev–Trinajstić information content (AvgIpc) is 3.16. The van der Waals surface area contributed by atoms with E-state index in [0.717, 1.165) is 38.5 Å². The molecule has 0 aliphatic heterocycles. The van der Waals surface area contributed by atoms with E-state index in [0.29, 0.717) is 23.9 Å². The second-order valence-electron chi connectivity index (χ2n) is 18.5. The Labute approximate surface area is 355 Å². The highest BCUT2D eigenvalue weighted by Gasteiger charge is 2.24. The molecule has 0 aromatic heterocycles. The van der Waals surface area contributed by atoms with Gasteiger partial charge in [0.15, 0.2) is 0 Å². The summed E-state index contributed by atoms with van der Waals surface area (Å²) in [5, 5.41) is 13.9. The van der Waals surface area contributed by atoms with Gasteiger partial charge >= 0.3 is 0 Å². The topological polar surface area (TPSA) is 108 Å². The summed E-state index contributed by atoms with van der Waals surface area (Å²) in [5.74, 6) is -0.159. The Morgan fingerprint density at radius 2 is 0.860 bits per heavy atom. The Hall–Kier alpha value is -0.500. The quantitative estimate of drug-likeness (QED) is 0.0359. The highest BCUT2D eigenvalue weighted by molar-refractivity contribution is 7.45. The Morgan fingerprint density at radius 1 is 0.544 bits per heavy atom. The Kier molecular flexibility index (Phi) is 40.5. The molecule has 0 radical (unpaired) electrons. The number of unbranched alkanes of at least 4 members (excludes halogenated alkanes) is 33. The molecule has 0 fully saturated rings. The highest BCUT2D eigenvalue weighted by atomic mass is 31.2. The van der Waals surface area contributed by atoms with E-state index in [9.17, 15) is 19.4 Å². The van der Waals surface area contributed by atoms with Gasteiger partial charge in [-0.05, 0) is 12.8 Å². The number of likely N-dealkylation sites (N-methyl/N-ethyl adjacent to an activating group) is 1. The first kappa shape index (κ1) is 56.5. The van der Waals surface area contributed by atoms with Gasteiger partial charge in [0, 0.05) is 6.42 Å². The second-order valence-corrected chi connectivity index (χ2v) is 19.9. The van der Waals surface area contributed by atoms with Crippen molar-refractivity contribution in [2.75, 3.05) is 40.9 Å². The number of hydrogen-bond acceptors (Lipinski definition) is 6. The number of quaternary nitrogens is 1. The van der Waals surface area contributed by atoms with Crippen molar-refractivity contribution in [1.82, 2.24) is 5.32 Å². The van der Waals surface area contributed by atoms with Crippen LogP contribution in [0.5, 0.6) is 0 Å². The van der Waals surface area contributed by atoms with Crippen LogP contribution >= 0.6 is 7.82 Å². The summed E-state index contributed by atoms with van der Waals surface area (Å²) in [5.41, 5.74) is 0. The van der Waals surface area contributed by atoms with Crippen molar-refractivity contribution in [3.63, 3.8) is 0 Å². The lowest BCUT2D eigenvalue weighted by atomic mass is 10.0. The van der Waals surface area contributed by atoms with E-state index in [1.807, 2.05) is 21.1 Å². The third-order valence-corrected chi connectivity index (χ3v) is 12.6. The summed E-state index contributed by atoms with van der Waals surface area (Å²) in [6.45, 7) is 4.75. The largest absolute Gasteiger partial charge is 0.756 e. The smallest absolute Gasteiger partial charge is 0.268 e. The highest BCUT2D eigenvalue weighted by Crippen LogP contribution is 2.38. The molecule has 1 amide bonds. The lowest BCUT2D eigenvalue weighted by molar-refractivity contribution is -0.870. The average molecular weight is 831 g/mol. The molecule has 8 nitrogen and oxygen atoms in total. The molecule has 0 heterocycles. The molecule has 9 heteroatoms. The lowest BCUT2D eigenvalue weighted by Gasteiger charge is -2.30. The van der Waals surface area contributed by atoms with E-state index in [1.165, 1.54) is 186 Å². The molecule has 342 valence electrons.